The van der Waals surface area contributed by atoms with Crippen LogP contribution >= 0.6 is 0 Å². The van der Waals surface area contributed by atoms with Crippen LogP contribution in [0.25, 0.3) is 0 Å². The average Bonchev–Trinajstić information content (AvgIpc) is 2.81. The van der Waals surface area contributed by atoms with Gasteiger partial charge >= 0.3 is 6.03 Å². The largest absolute Gasteiger partial charge is 0.383 e. The van der Waals surface area contributed by atoms with Gasteiger partial charge in [0, 0.05) is 25.9 Å². The summed E-state index contributed by atoms with van der Waals surface area (Å²) >= 11 is 0. The second-order valence-electron chi connectivity index (χ2n) is 5.12. The fraction of sp³-hybridized carbons (Fsp3) is 0.500. The Morgan fingerprint density at radius 1 is 1.41 bits per heavy atom. The van der Waals surface area contributed by atoms with Gasteiger partial charge in [-0.15, -0.1) is 0 Å². The smallest absolute Gasteiger partial charge is 0.319 e. The first-order valence-electron chi connectivity index (χ1n) is 7.09. The second-order valence-corrected chi connectivity index (χ2v) is 7.13. The van der Waals surface area contributed by atoms with E-state index in [1.807, 2.05) is 6.92 Å². The van der Waals surface area contributed by atoms with Crippen LogP contribution in [0.3, 0.4) is 0 Å². The van der Waals surface area contributed by atoms with Crippen LogP contribution in [0, 0.1) is 6.92 Å². The first-order valence-corrected chi connectivity index (χ1v) is 8.70. The van der Waals surface area contributed by atoms with Crippen molar-refractivity contribution in [2.75, 3.05) is 42.2 Å². The Morgan fingerprint density at radius 3 is 2.82 bits per heavy atom. The minimum Gasteiger partial charge on any atom is -0.383 e. The Balaban J connectivity index is 2.12. The molecule has 1 fully saturated rings. The number of nitrogens with zero attached hydrogens (tertiary/aromatic N) is 1. The summed E-state index contributed by atoms with van der Waals surface area (Å²) in [7, 11) is -1.68. The van der Waals surface area contributed by atoms with Crippen molar-refractivity contribution in [3.05, 3.63) is 23.8 Å². The Morgan fingerprint density at radius 2 is 2.18 bits per heavy atom. The molecule has 1 heterocycles. The van der Waals surface area contributed by atoms with Crippen molar-refractivity contribution in [3.63, 3.8) is 0 Å². The van der Waals surface area contributed by atoms with Crippen LogP contribution in [0.2, 0.25) is 0 Å². The normalized spacial score (nSPS) is 16.5. The maximum Gasteiger partial charge on any atom is 0.319 e. The van der Waals surface area contributed by atoms with Crippen LogP contribution in [-0.4, -0.2) is 47.0 Å². The van der Waals surface area contributed by atoms with E-state index in [0.717, 1.165) is 5.56 Å². The molecule has 122 valence electrons. The third kappa shape index (κ3) is 3.89. The van der Waals surface area contributed by atoms with Gasteiger partial charge in [-0.1, -0.05) is 6.07 Å². The molecule has 0 bridgehead atoms. The van der Waals surface area contributed by atoms with Gasteiger partial charge in [0.05, 0.1) is 18.0 Å². The fourth-order valence-electron chi connectivity index (χ4n) is 2.31. The molecule has 1 saturated heterocycles. The number of nitrogens with one attached hydrogen (secondary N) is 2. The number of amides is 2. The van der Waals surface area contributed by atoms with Crippen LogP contribution in [-0.2, 0) is 14.8 Å². The van der Waals surface area contributed by atoms with E-state index < -0.39 is 10.0 Å². The molecule has 0 saturated carbocycles. The zero-order valence-electron chi connectivity index (χ0n) is 12.8. The van der Waals surface area contributed by atoms with Gasteiger partial charge in [-0.05, 0) is 31.0 Å². The lowest BCUT2D eigenvalue weighted by Gasteiger charge is -2.20. The molecule has 2 amide bonds. The van der Waals surface area contributed by atoms with Crippen LogP contribution in [0.5, 0.6) is 0 Å². The molecular formula is C14H21N3O4S. The number of rotatable bonds is 5. The number of hydrogen-bond acceptors (Lipinski definition) is 4. The van der Waals surface area contributed by atoms with Gasteiger partial charge in [-0.3, -0.25) is 4.31 Å². The molecule has 0 spiro atoms. The monoisotopic (exact) mass is 327 g/mol. The van der Waals surface area contributed by atoms with Gasteiger partial charge in [0.2, 0.25) is 10.0 Å². The van der Waals surface area contributed by atoms with E-state index in [2.05, 4.69) is 10.6 Å². The molecular weight excluding hydrogens is 306 g/mol. The molecule has 8 heteroatoms. The maximum absolute atomic E-state index is 12.0. The number of sulfonamides is 1. The first kappa shape index (κ1) is 16.6. The van der Waals surface area contributed by atoms with Gasteiger partial charge in [0.15, 0.2) is 0 Å². The molecule has 1 aromatic carbocycles. The highest BCUT2D eigenvalue weighted by Crippen LogP contribution is 2.29. The third-order valence-corrected chi connectivity index (χ3v) is 5.28. The molecule has 0 unspecified atom stereocenters. The van der Waals surface area contributed by atoms with Crippen LogP contribution < -0.4 is 14.9 Å². The first-order chi connectivity index (χ1) is 10.4. The van der Waals surface area contributed by atoms with Crippen molar-refractivity contribution in [1.29, 1.82) is 0 Å². The molecule has 0 radical (unpaired) electrons. The number of anilines is 2. The van der Waals surface area contributed by atoms with E-state index >= 15 is 0 Å². The minimum atomic E-state index is -3.24. The molecule has 2 N–H and O–H groups in total. The standard InChI is InChI=1S/C14H21N3O4S/c1-11-4-5-12(16-14(18)15-6-8-21-2)10-13(11)17-7-3-9-22(17,19)20/h4-5,10H,3,6-9H2,1-2H3,(H2,15,16,18). The number of carbonyl (C=O) groups is 1. The molecule has 1 aliphatic heterocycles. The molecule has 7 nitrogen and oxygen atoms in total. The molecule has 1 aliphatic rings. The topological polar surface area (TPSA) is 87.7 Å². The summed E-state index contributed by atoms with van der Waals surface area (Å²) in [5.74, 6) is 0.168. The summed E-state index contributed by atoms with van der Waals surface area (Å²) in [5.41, 5.74) is 2.03. The molecule has 0 atom stereocenters. The molecule has 2 rings (SSSR count). The number of urea groups is 1. The lowest BCUT2D eigenvalue weighted by molar-refractivity contribution is 0.198. The van der Waals surface area contributed by atoms with E-state index in [1.54, 1.807) is 25.3 Å². The predicted molar refractivity (Wildman–Crippen MR) is 85.8 cm³/mol. The van der Waals surface area contributed by atoms with Crippen LogP contribution in [0.15, 0.2) is 18.2 Å². The number of benzene rings is 1. The molecule has 0 aromatic heterocycles. The van der Waals surface area contributed by atoms with Crippen molar-refractivity contribution in [1.82, 2.24) is 5.32 Å². The van der Waals surface area contributed by atoms with E-state index in [-0.39, 0.29) is 11.8 Å². The Kier molecular flexibility index (Phi) is 5.25. The second kappa shape index (κ2) is 6.97. The highest BCUT2D eigenvalue weighted by atomic mass is 32.2. The average molecular weight is 327 g/mol. The third-order valence-electron chi connectivity index (χ3n) is 3.43. The maximum atomic E-state index is 12.0. The van der Waals surface area contributed by atoms with Gasteiger partial charge in [0.1, 0.15) is 0 Å². The van der Waals surface area contributed by atoms with Crippen molar-refractivity contribution < 1.29 is 17.9 Å². The zero-order valence-corrected chi connectivity index (χ0v) is 13.6. The van der Waals surface area contributed by atoms with Gasteiger partial charge in [0.25, 0.3) is 0 Å². The van der Waals surface area contributed by atoms with E-state index in [4.69, 9.17) is 4.74 Å². The zero-order chi connectivity index (χ0) is 16.2. The number of carbonyl (C=O) groups excluding carboxylic acids is 1. The fourth-order valence-corrected chi connectivity index (χ4v) is 3.93. The summed E-state index contributed by atoms with van der Waals surface area (Å²) < 4.78 is 30.3. The lowest BCUT2D eigenvalue weighted by Crippen LogP contribution is -2.31. The summed E-state index contributed by atoms with van der Waals surface area (Å²) in [4.78, 5) is 11.7. The SMILES string of the molecule is COCCNC(=O)Nc1ccc(C)c(N2CCCS2(=O)=O)c1. The molecule has 22 heavy (non-hydrogen) atoms. The van der Waals surface area contributed by atoms with Crippen molar-refractivity contribution in [2.24, 2.45) is 0 Å². The van der Waals surface area contributed by atoms with E-state index in [0.29, 0.717) is 37.5 Å². The van der Waals surface area contributed by atoms with Crippen molar-refractivity contribution in [3.8, 4) is 0 Å². The van der Waals surface area contributed by atoms with Crippen molar-refractivity contribution >= 4 is 27.4 Å². The summed E-state index contributed by atoms with van der Waals surface area (Å²) in [6.07, 6.45) is 0.622. The summed E-state index contributed by atoms with van der Waals surface area (Å²) in [5, 5.41) is 5.34. The minimum absolute atomic E-state index is 0.168. The van der Waals surface area contributed by atoms with E-state index in [1.165, 1.54) is 4.31 Å². The Labute approximate surface area is 130 Å². The quantitative estimate of drug-likeness (QED) is 0.798. The van der Waals surface area contributed by atoms with Crippen molar-refractivity contribution in [2.45, 2.75) is 13.3 Å². The highest BCUT2D eigenvalue weighted by Gasteiger charge is 2.29. The van der Waals surface area contributed by atoms with Gasteiger partial charge in [-0.2, -0.15) is 0 Å². The summed E-state index contributed by atoms with van der Waals surface area (Å²) in [6, 6.07) is 4.88. The number of hydrogen-bond donors (Lipinski definition) is 2. The number of ether oxygens (including phenoxy) is 1. The Bertz CT molecular complexity index is 645. The van der Waals surface area contributed by atoms with Gasteiger partial charge < -0.3 is 15.4 Å². The lowest BCUT2D eigenvalue weighted by atomic mass is 10.1. The number of methoxy groups -OCH3 is 1. The van der Waals surface area contributed by atoms with Gasteiger partial charge in [-0.25, -0.2) is 13.2 Å². The number of aryl methyl sites for hydroxylation is 1. The predicted octanol–water partition coefficient (Wildman–Crippen LogP) is 1.30. The Hall–Kier alpha value is -1.80. The van der Waals surface area contributed by atoms with Crippen LogP contribution in [0.4, 0.5) is 16.2 Å². The highest BCUT2D eigenvalue weighted by molar-refractivity contribution is 7.93. The molecule has 1 aromatic rings. The van der Waals surface area contributed by atoms with E-state index in [9.17, 15) is 13.2 Å². The van der Waals surface area contributed by atoms with Crippen LogP contribution in [0.1, 0.15) is 12.0 Å². The summed E-state index contributed by atoms with van der Waals surface area (Å²) in [6.45, 7) is 3.17. The molecule has 0 aliphatic carbocycles.